The number of thiazole rings is 1. The molecule has 2 rings (SSSR count). The molecule has 0 saturated heterocycles. The summed E-state index contributed by atoms with van der Waals surface area (Å²) in [4.78, 5) is 17.8. The van der Waals surface area contributed by atoms with Gasteiger partial charge >= 0.3 is 0 Å². The van der Waals surface area contributed by atoms with E-state index >= 15 is 0 Å². The molecular formula is C15H24N2O2S. The Labute approximate surface area is 124 Å². The first-order valence-electron chi connectivity index (χ1n) is 7.45. The highest BCUT2D eigenvalue weighted by molar-refractivity contribution is 7.11. The zero-order valence-corrected chi connectivity index (χ0v) is 13.1. The number of nitrogens with one attached hydrogen (secondary N) is 1. The number of carbonyl (C=O) groups excluding carboxylic acids is 1. The lowest BCUT2D eigenvalue weighted by molar-refractivity contribution is -0.127. The summed E-state index contributed by atoms with van der Waals surface area (Å²) in [7, 11) is 0. The van der Waals surface area contributed by atoms with Gasteiger partial charge in [0.2, 0.25) is 5.91 Å². The van der Waals surface area contributed by atoms with Gasteiger partial charge in [0, 0.05) is 23.8 Å². The van der Waals surface area contributed by atoms with Crippen molar-refractivity contribution in [3.8, 4) is 0 Å². The highest BCUT2D eigenvalue weighted by Gasteiger charge is 2.25. The Bertz CT molecular complexity index is 439. The summed E-state index contributed by atoms with van der Waals surface area (Å²) in [5.41, 5.74) is 1.12. The molecule has 0 bridgehead atoms. The van der Waals surface area contributed by atoms with Crippen molar-refractivity contribution in [3.05, 3.63) is 15.6 Å². The molecule has 0 unspecified atom stereocenters. The first kappa shape index (κ1) is 15.4. The number of aliphatic hydroxyl groups is 1. The summed E-state index contributed by atoms with van der Waals surface area (Å²) in [5.74, 6) is 0.110. The van der Waals surface area contributed by atoms with Gasteiger partial charge < -0.3 is 10.4 Å². The SMILES string of the molecule is Cc1nc(CCCNC(=O)[C@H]2CCC[C@H](O)C2)sc1C. The molecule has 0 radical (unpaired) electrons. The quantitative estimate of drug-likeness (QED) is 0.820. The summed E-state index contributed by atoms with van der Waals surface area (Å²) >= 11 is 1.74. The van der Waals surface area contributed by atoms with Crippen LogP contribution >= 0.6 is 11.3 Å². The molecule has 4 nitrogen and oxygen atoms in total. The van der Waals surface area contributed by atoms with Gasteiger partial charge in [0.05, 0.1) is 16.8 Å². The number of amides is 1. The lowest BCUT2D eigenvalue weighted by atomic mass is 9.87. The molecule has 1 aliphatic rings. The summed E-state index contributed by atoms with van der Waals surface area (Å²) < 4.78 is 0. The summed E-state index contributed by atoms with van der Waals surface area (Å²) in [6.07, 6.45) is 4.88. The average Bonchev–Trinajstić information content (AvgIpc) is 2.73. The van der Waals surface area contributed by atoms with Crippen molar-refractivity contribution in [2.24, 2.45) is 5.92 Å². The fourth-order valence-electron chi connectivity index (χ4n) is 2.64. The molecule has 1 saturated carbocycles. The Hall–Kier alpha value is -0.940. The molecule has 0 aliphatic heterocycles. The molecule has 112 valence electrons. The smallest absolute Gasteiger partial charge is 0.223 e. The van der Waals surface area contributed by atoms with Crippen molar-refractivity contribution in [2.75, 3.05) is 6.54 Å². The fourth-order valence-corrected chi connectivity index (χ4v) is 3.62. The first-order valence-corrected chi connectivity index (χ1v) is 8.26. The van der Waals surface area contributed by atoms with E-state index in [1.54, 1.807) is 11.3 Å². The van der Waals surface area contributed by atoms with Gasteiger partial charge in [-0.05, 0) is 39.5 Å². The van der Waals surface area contributed by atoms with E-state index in [-0.39, 0.29) is 17.9 Å². The van der Waals surface area contributed by atoms with Gasteiger partial charge in [0.25, 0.3) is 0 Å². The van der Waals surface area contributed by atoms with Crippen LogP contribution in [0.15, 0.2) is 0 Å². The van der Waals surface area contributed by atoms with Crippen LogP contribution in [-0.4, -0.2) is 28.6 Å². The summed E-state index contributed by atoms with van der Waals surface area (Å²) in [6.45, 7) is 4.82. The molecule has 1 heterocycles. The predicted octanol–water partition coefficient (Wildman–Crippen LogP) is 2.36. The standard InChI is InChI=1S/C15H24N2O2S/c1-10-11(2)20-14(17-10)7-4-8-16-15(19)12-5-3-6-13(18)9-12/h12-13,18H,3-9H2,1-2H3,(H,16,19)/t12-,13-/m0/s1. The Balaban J connectivity index is 1.66. The minimum Gasteiger partial charge on any atom is -0.393 e. The number of hydrogen-bond acceptors (Lipinski definition) is 4. The van der Waals surface area contributed by atoms with E-state index in [2.05, 4.69) is 17.2 Å². The molecular weight excluding hydrogens is 272 g/mol. The average molecular weight is 296 g/mol. The van der Waals surface area contributed by atoms with Crippen molar-refractivity contribution in [2.45, 2.75) is 58.5 Å². The summed E-state index contributed by atoms with van der Waals surface area (Å²) in [6, 6.07) is 0. The monoisotopic (exact) mass is 296 g/mol. The highest BCUT2D eigenvalue weighted by atomic mass is 32.1. The molecule has 1 amide bonds. The van der Waals surface area contributed by atoms with Crippen molar-refractivity contribution in [1.29, 1.82) is 0 Å². The number of hydrogen-bond donors (Lipinski definition) is 2. The normalized spacial score (nSPS) is 22.8. The largest absolute Gasteiger partial charge is 0.393 e. The third kappa shape index (κ3) is 4.28. The van der Waals surface area contributed by atoms with Crippen LogP contribution < -0.4 is 5.32 Å². The van der Waals surface area contributed by atoms with E-state index in [4.69, 9.17) is 0 Å². The van der Waals surface area contributed by atoms with Crippen LogP contribution in [0.3, 0.4) is 0 Å². The molecule has 1 aliphatic carbocycles. The Morgan fingerprint density at radius 1 is 1.45 bits per heavy atom. The van der Waals surface area contributed by atoms with Crippen LogP contribution in [0.5, 0.6) is 0 Å². The lowest BCUT2D eigenvalue weighted by Gasteiger charge is -2.24. The first-order chi connectivity index (χ1) is 9.56. The molecule has 0 aromatic carbocycles. The van der Waals surface area contributed by atoms with E-state index < -0.39 is 0 Å². The van der Waals surface area contributed by atoms with Crippen molar-refractivity contribution < 1.29 is 9.90 Å². The van der Waals surface area contributed by atoms with E-state index in [1.165, 1.54) is 4.88 Å². The third-order valence-corrected chi connectivity index (χ3v) is 5.09. The second-order valence-corrected chi connectivity index (χ2v) is 6.95. The maximum absolute atomic E-state index is 12.0. The minimum absolute atomic E-state index is 0.00287. The molecule has 1 fully saturated rings. The molecule has 1 aromatic rings. The Morgan fingerprint density at radius 2 is 2.25 bits per heavy atom. The summed E-state index contributed by atoms with van der Waals surface area (Å²) in [5, 5.41) is 13.7. The minimum atomic E-state index is -0.291. The van der Waals surface area contributed by atoms with Gasteiger partial charge in [0.1, 0.15) is 0 Å². The second kappa shape index (κ2) is 7.18. The Morgan fingerprint density at radius 3 is 2.90 bits per heavy atom. The molecule has 5 heteroatoms. The number of carbonyl (C=O) groups is 1. The van der Waals surface area contributed by atoms with Gasteiger partial charge in [-0.3, -0.25) is 4.79 Å². The maximum Gasteiger partial charge on any atom is 0.223 e. The maximum atomic E-state index is 12.0. The lowest BCUT2D eigenvalue weighted by Crippen LogP contribution is -2.35. The van der Waals surface area contributed by atoms with Crippen LogP contribution in [0.1, 0.15) is 47.7 Å². The second-order valence-electron chi connectivity index (χ2n) is 5.66. The fraction of sp³-hybridized carbons (Fsp3) is 0.733. The van der Waals surface area contributed by atoms with Crippen LogP contribution in [0.25, 0.3) is 0 Å². The van der Waals surface area contributed by atoms with E-state index in [0.717, 1.165) is 42.8 Å². The third-order valence-electron chi connectivity index (χ3n) is 3.96. The van der Waals surface area contributed by atoms with Crippen LogP contribution in [0, 0.1) is 19.8 Å². The van der Waals surface area contributed by atoms with Gasteiger partial charge in [-0.2, -0.15) is 0 Å². The zero-order chi connectivity index (χ0) is 14.5. The number of aryl methyl sites for hydroxylation is 3. The van der Waals surface area contributed by atoms with Gasteiger partial charge in [-0.15, -0.1) is 11.3 Å². The van der Waals surface area contributed by atoms with Crippen molar-refractivity contribution >= 4 is 17.2 Å². The molecule has 2 N–H and O–H groups in total. The van der Waals surface area contributed by atoms with Crippen molar-refractivity contribution in [1.82, 2.24) is 10.3 Å². The van der Waals surface area contributed by atoms with E-state index in [1.807, 2.05) is 6.92 Å². The number of aromatic nitrogens is 1. The van der Waals surface area contributed by atoms with Crippen molar-refractivity contribution in [3.63, 3.8) is 0 Å². The van der Waals surface area contributed by atoms with E-state index in [9.17, 15) is 9.90 Å². The van der Waals surface area contributed by atoms with Crippen LogP contribution in [-0.2, 0) is 11.2 Å². The molecule has 20 heavy (non-hydrogen) atoms. The van der Waals surface area contributed by atoms with Gasteiger partial charge in [0.15, 0.2) is 0 Å². The predicted molar refractivity (Wildman–Crippen MR) is 80.9 cm³/mol. The molecule has 2 atom stereocenters. The zero-order valence-electron chi connectivity index (χ0n) is 12.3. The Kier molecular flexibility index (Phi) is 5.54. The van der Waals surface area contributed by atoms with Gasteiger partial charge in [-0.25, -0.2) is 4.98 Å². The van der Waals surface area contributed by atoms with Crippen LogP contribution in [0.2, 0.25) is 0 Å². The van der Waals surface area contributed by atoms with Gasteiger partial charge in [-0.1, -0.05) is 6.42 Å². The number of rotatable bonds is 5. The highest BCUT2D eigenvalue weighted by Crippen LogP contribution is 2.24. The molecule has 1 aromatic heterocycles. The topological polar surface area (TPSA) is 62.2 Å². The van der Waals surface area contributed by atoms with Crippen LogP contribution in [0.4, 0.5) is 0 Å². The van der Waals surface area contributed by atoms with E-state index in [0.29, 0.717) is 13.0 Å². The number of aliphatic hydroxyl groups excluding tert-OH is 1. The number of nitrogens with zero attached hydrogens (tertiary/aromatic N) is 1. The molecule has 0 spiro atoms.